The second kappa shape index (κ2) is 6.16. The number of nitrogens with zero attached hydrogens (tertiary/aromatic N) is 1. The summed E-state index contributed by atoms with van der Waals surface area (Å²) in [5.41, 5.74) is 1.02. The fourth-order valence-electron chi connectivity index (χ4n) is 2.40. The van der Waals surface area contributed by atoms with Crippen molar-refractivity contribution in [3.05, 3.63) is 69.7 Å². The summed E-state index contributed by atoms with van der Waals surface area (Å²) >= 11 is 3.29. The Bertz CT molecular complexity index is 716. The maximum absolute atomic E-state index is 13.4. The van der Waals surface area contributed by atoms with Gasteiger partial charge in [0.05, 0.1) is 5.56 Å². The molecule has 1 fully saturated rings. The maximum atomic E-state index is 13.4. The smallest absolute Gasteiger partial charge is 0.255 e. The topological polar surface area (TPSA) is 20.3 Å². The second-order valence-corrected chi connectivity index (χ2v) is 6.27. The molecule has 0 aromatic heterocycles. The summed E-state index contributed by atoms with van der Waals surface area (Å²) in [5, 5.41) is 0. The van der Waals surface area contributed by atoms with Gasteiger partial charge in [-0.2, -0.15) is 0 Å². The van der Waals surface area contributed by atoms with Gasteiger partial charge in [0.15, 0.2) is 0 Å². The zero-order chi connectivity index (χ0) is 15.7. The van der Waals surface area contributed by atoms with Gasteiger partial charge in [-0.3, -0.25) is 4.79 Å². The van der Waals surface area contributed by atoms with Crippen LogP contribution in [0.3, 0.4) is 0 Å². The monoisotopic (exact) mass is 365 g/mol. The Morgan fingerprint density at radius 2 is 1.86 bits per heavy atom. The van der Waals surface area contributed by atoms with E-state index in [-0.39, 0.29) is 17.8 Å². The van der Waals surface area contributed by atoms with Gasteiger partial charge in [-0.05, 0) is 64.7 Å². The van der Waals surface area contributed by atoms with E-state index in [0.717, 1.165) is 18.4 Å². The molecule has 1 saturated carbocycles. The molecule has 0 bridgehead atoms. The molecule has 0 aliphatic heterocycles. The molecule has 5 heteroatoms. The summed E-state index contributed by atoms with van der Waals surface area (Å²) in [6.45, 7) is 0.324. The number of hydrogen-bond donors (Lipinski definition) is 0. The summed E-state index contributed by atoms with van der Waals surface area (Å²) in [5.74, 6) is -1.01. The van der Waals surface area contributed by atoms with Gasteiger partial charge in [0.1, 0.15) is 11.6 Å². The molecule has 0 radical (unpaired) electrons. The molecule has 2 nitrogen and oxygen atoms in total. The van der Waals surface area contributed by atoms with E-state index in [1.807, 2.05) is 0 Å². The van der Waals surface area contributed by atoms with Gasteiger partial charge in [-0.15, -0.1) is 0 Å². The normalized spacial score (nSPS) is 14.0. The summed E-state index contributed by atoms with van der Waals surface area (Å²) in [6, 6.07) is 10.4. The number of carbonyl (C=O) groups is 1. The molecule has 114 valence electrons. The summed E-state index contributed by atoms with van der Waals surface area (Å²) in [4.78, 5) is 14.4. The number of rotatable bonds is 4. The Labute approximate surface area is 135 Å². The fourth-order valence-corrected chi connectivity index (χ4v) is 2.82. The molecule has 0 spiro atoms. The van der Waals surface area contributed by atoms with Crippen molar-refractivity contribution in [2.45, 2.75) is 25.4 Å². The summed E-state index contributed by atoms with van der Waals surface area (Å²) in [7, 11) is 0. The van der Waals surface area contributed by atoms with Crippen molar-refractivity contribution in [2.75, 3.05) is 0 Å². The Morgan fingerprint density at radius 1 is 1.14 bits per heavy atom. The van der Waals surface area contributed by atoms with Gasteiger partial charge < -0.3 is 4.90 Å². The van der Waals surface area contributed by atoms with Crippen LogP contribution in [-0.4, -0.2) is 16.8 Å². The molecular weight excluding hydrogens is 352 g/mol. The fraction of sp³-hybridized carbons (Fsp3) is 0.235. The summed E-state index contributed by atoms with van der Waals surface area (Å²) < 4.78 is 27.3. The Hall–Kier alpha value is -1.75. The Morgan fingerprint density at radius 3 is 2.55 bits per heavy atom. The van der Waals surface area contributed by atoms with E-state index < -0.39 is 5.82 Å². The third-order valence-electron chi connectivity index (χ3n) is 3.65. The van der Waals surface area contributed by atoms with E-state index >= 15 is 0 Å². The first-order valence-corrected chi connectivity index (χ1v) is 7.84. The van der Waals surface area contributed by atoms with Crippen molar-refractivity contribution in [1.82, 2.24) is 4.90 Å². The van der Waals surface area contributed by atoms with E-state index in [1.54, 1.807) is 17.0 Å². The summed E-state index contributed by atoms with van der Waals surface area (Å²) in [6.07, 6.45) is 1.85. The molecule has 3 rings (SSSR count). The van der Waals surface area contributed by atoms with Crippen LogP contribution in [0.1, 0.15) is 28.8 Å². The molecule has 1 amide bonds. The van der Waals surface area contributed by atoms with Crippen molar-refractivity contribution < 1.29 is 13.6 Å². The molecule has 2 aromatic rings. The minimum Gasteiger partial charge on any atom is -0.331 e. The van der Waals surface area contributed by atoms with Crippen molar-refractivity contribution >= 4 is 21.8 Å². The lowest BCUT2D eigenvalue weighted by Crippen LogP contribution is -2.33. The van der Waals surface area contributed by atoms with Crippen LogP contribution in [0, 0.1) is 11.6 Å². The minimum absolute atomic E-state index is 0.144. The minimum atomic E-state index is -0.451. The largest absolute Gasteiger partial charge is 0.331 e. The molecule has 0 saturated heterocycles. The van der Waals surface area contributed by atoms with Crippen LogP contribution in [0.4, 0.5) is 8.78 Å². The first-order chi connectivity index (χ1) is 10.5. The van der Waals surface area contributed by atoms with Gasteiger partial charge in [-0.25, -0.2) is 8.78 Å². The predicted molar refractivity (Wildman–Crippen MR) is 83.4 cm³/mol. The van der Waals surface area contributed by atoms with Gasteiger partial charge in [-0.1, -0.05) is 12.1 Å². The molecule has 1 aliphatic rings. The third-order valence-corrected chi connectivity index (χ3v) is 4.34. The van der Waals surface area contributed by atoms with Crippen molar-refractivity contribution in [3.63, 3.8) is 0 Å². The van der Waals surface area contributed by atoms with Crippen LogP contribution >= 0.6 is 15.9 Å². The van der Waals surface area contributed by atoms with Crippen molar-refractivity contribution in [1.29, 1.82) is 0 Å². The van der Waals surface area contributed by atoms with E-state index in [4.69, 9.17) is 0 Å². The molecule has 0 atom stereocenters. The number of halogens is 3. The first-order valence-electron chi connectivity index (χ1n) is 7.05. The molecule has 0 heterocycles. The third kappa shape index (κ3) is 3.35. The highest BCUT2D eigenvalue weighted by molar-refractivity contribution is 9.10. The highest BCUT2D eigenvalue weighted by Gasteiger charge is 2.33. The van der Waals surface area contributed by atoms with E-state index in [1.165, 1.54) is 30.3 Å². The second-order valence-electron chi connectivity index (χ2n) is 5.42. The number of amides is 1. The van der Waals surface area contributed by atoms with Crippen LogP contribution in [0.15, 0.2) is 46.9 Å². The van der Waals surface area contributed by atoms with Gasteiger partial charge in [0.2, 0.25) is 0 Å². The van der Waals surface area contributed by atoms with Gasteiger partial charge in [0.25, 0.3) is 5.91 Å². The molecular formula is C17H14BrF2NO. The van der Waals surface area contributed by atoms with Crippen LogP contribution in [0.25, 0.3) is 0 Å². The SMILES string of the molecule is O=C(c1cc(F)ccc1Br)N(Cc1cccc(F)c1)C1CC1. The Balaban J connectivity index is 1.88. The zero-order valence-electron chi connectivity index (χ0n) is 11.7. The lowest BCUT2D eigenvalue weighted by Gasteiger charge is -2.23. The Kier molecular flexibility index (Phi) is 4.25. The van der Waals surface area contributed by atoms with Crippen LogP contribution in [0.2, 0.25) is 0 Å². The van der Waals surface area contributed by atoms with Crippen molar-refractivity contribution in [2.24, 2.45) is 0 Å². The standard InChI is InChI=1S/C17H14BrF2NO/c18-16-7-4-13(20)9-15(16)17(22)21(14-5-6-14)10-11-2-1-3-12(19)8-11/h1-4,7-9,14H,5-6,10H2. The van der Waals surface area contributed by atoms with E-state index in [9.17, 15) is 13.6 Å². The first kappa shape index (κ1) is 15.2. The van der Waals surface area contributed by atoms with Crippen LogP contribution < -0.4 is 0 Å². The molecule has 0 N–H and O–H groups in total. The van der Waals surface area contributed by atoms with E-state index in [2.05, 4.69) is 15.9 Å². The molecule has 22 heavy (non-hydrogen) atoms. The highest BCUT2D eigenvalue weighted by Crippen LogP contribution is 2.31. The van der Waals surface area contributed by atoms with Crippen LogP contribution in [-0.2, 0) is 6.54 Å². The number of carbonyl (C=O) groups excluding carboxylic acids is 1. The lowest BCUT2D eigenvalue weighted by atomic mass is 10.1. The average Bonchev–Trinajstić information content (AvgIpc) is 3.31. The van der Waals surface area contributed by atoms with Crippen LogP contribution in [0.5, 0.6) is 0 Å². The molecule has 2 aromatic carbocycles. The average molecular weight is 366 g/mol. The lowest BCUT2D eigenvalue weighted by molar-refractivity contribution is 0.0728. The maximum Gasteiger partial charge on any atom is 0.255 e. The molecule has 1 aliphatic carbocycles. The zero-order valence-corrected chi connectivity index (χ0v) is 13.3. The highest BCUT2D eigenvalue weighted by atomic mass is 79.9. The molecule has 0 unspecified atom stereocenters. The van der Waals surface area contributed by atoms with E-state index in [0.29, 0.717) is 16.6 Å². The number of hydrogen-bond acceptors (Lipinski definition) is 1. The van der Waals surface area contributed by atoms with Gasteiger partial charge >= 0.3 is 0 Å². The number of benzene rings is 2. The van der Waals surface area contributed by atoms with Gasteiger partial charge in [0, 0.05) is 17.1 Å². The quantitative estimate of drug-likeness (QED) is 0.779. The van der Waals surface area contributed by atoms with Crippen molar-refractivity contribution in [3.8, 4) is 0 Å². The predicted octanol–water partition coefficient (Wildman–Crippen LogP) is 4.53.